The maximum Gasteiger partial charge on any atom is 0.272 e. The smallest absolute Gasteiger partial charge is 0.272 e. The number of aromatic nitrogens is 2. The molecule has 1 aromatic heterocycles. The van der Waals surface area contributed by atoms with Gasteiger partial charge in [-0.2, -0.15) is 5.10 Å². The molecule has 29 heavy (non-hydrogen) atoms. The number of hydrogen-bond donors (Lipinski definition) is 0. The number of hydrogen-bond acceptors (Lipinski definition) is 3. The zero-order chi connectivity index (χ0) is 20.5. The molecule has 2 aromatic carbocycles. The van der Waals surface area contributed by atoms with Crippen LogP contribution in [-0.2, 0) is 0 Å². The summed E-state index contributed by atoms with van der Waals surface area (Å²) in [5.41, 5.74) is 5.08. The summed E-state index contributed by atoms with van der Waals surface area (Å²) < 4.78 is 15.7. The number of piperazine rings is 1. The zero-order valence-corrected chi connectivity index (χ0v) is 17.0. The van der Waals surface area contributed by atoms with Crippen molar-refractivity contribution < 1.29 is 9.18 Å². The first-order chi connectivity index (χ1) is 13.9. The summed E-state index contributed by atoms with van der Waals surface area (Å²) in [5.74, 6) is -0.515. The molecule has 0 N–H and O–H groups in total. The molecule has 0 bridgehead atoms. The minimum absolute atomic E-state index is 0.117. The molecule has 1 fully saturated rings. The first-order valence-corrected chi connectivity index (χ1v) is 9.87. The van der Waals surface area contributed by atoms with Crippen molar-refractivity contribution in [2.75, 3.05) is 31.1 Å². The molecule has 4 rings (SSSR count). The van der Waals surface area contributed by atoms with E-state index in [-0.39, 0.29) is 11.6 Å². The van der Waals surface area contributed by atoms with Crippen LogP contribution in [0.1, 0.15) is 27.3 Å². The fraction of sp³-hybridized carbons (Fsp3) is 0.304. The monoisotopic (exact) mass is 392 g/mol. The lowest BCUT2D eigenvalue weighted by Gasteiger charge is -2.36. The SMILES string of the molecule is Cc1ccc(N2CCN(C(=O)c3cc(C)nn3-c3ccccc3F)CC2)c(C)c1. The lowest BCUT2D eigenvalue weighted by atomic mass is 10.1. The molecule has 5 nitrogen and oxygen atoms in total. The number of halogens is 1. The zero-order valence-electron chi connectivity index (χ0n) is 17.0. The van der Waals surface area contributed by atoms with Crippen LogP contribution in [0.2, 0.25) is 0 Å². The number of benzene rings is 2. The Morgan fingerprint density at radius 2 is 1.66 bits per heavy atom. The van der Waals surface area contributed by atoms with E-state index in [2.05, 4.69) is 42.0 Å². The Hall–Kier alpha value is -3.15. The second-order valence-electron chi connectivity index (χ2n) is 7.60. The fourth-order valence-corrected chi connectivity index (χ4v) is 3.93. The summed E-state index contributed by atoms with van der Waals surface area (Å²) in [6.45, 7) is 8.79. The van der Waals surface area contributed by atoms with Crippen molar-refractivity contribution in [2.45, 2.75) is 20.8 Å². The van der Waals surface area contributed by atoms with Crippen molar-refractivity contribution in [1.82, 2.24) is 14.7 Å². The predicted octanol–water partition coefficient (Wildman–Crippen LogP) is 3.90. The molecule has 1 aliphatic heterocycles. The molecule has 2 heterocycles. The van der Waals surface area contributed by atoms with E-state index >= 15 is 0 Å². The van der Waals surface area contributed by atoms with E-state index in [0.29, 0.717) is 24.5 Å². The van der Waals surface area contributed by atoms with Gasteiger partial charge in [-0.05, 0) is 50.6 Å². The second-order valence-corrected chi connectivity index (χ2v) is 7.60. The van der Waals surface area contributed by atoms with Crippen molar-refractivity contribution in [1.29, 1.82) is 0 Å². The van der Waals surface area contributed by atoms with Gasteiger partial charge in [-0.25, -0.2) is 9.07 Å². The summed E-state index contributed by atoms with van der Waals surface area (Å²) in [5, 5.41) is 4.36. The standard InChI is InChI=1S/C23H25FN4O/c1-16-8-9-20(17(2)14-16)26-10-12-27(13-11-26)23(29)22-15-18(3)25-28(22)21-7-5-4-6-19(21)24/h4-9,14-15H,10-13H2,1-3H3. The highest BCUT2D eigenvalue weighted by Gasteiger charge is 2.26. The highest BCUT2D eigenvalue weighted by Crippen LogP contribution is 2.23. The Bertz CT molecular complexity index is 1050. The summed E-state index contributed by atoms with van der Waals surface area (Å²) in [6, 6.07) is 14.6. The molecule has 0 saturated carbocycles. The Labute approximate surface area is 170 Å². The number of amides is 1. The predicted molar refractivity (Wildman–Crippen MR) is 112 cm³/mol. The van der Waals surface area contributed by atoms with Crippen LogP contribution in [0, 0.1) is 26.6 Å². The summed E-state index contributed by atoms with van der Waals surface area (Å²) >= 11 is 0. The third-order valence-corrected chi connectivity index (χ3v) is 5.39. The van der Waals surface area contributed by atoms with E-state index in [0.717, 1.165) is 13.1 Å². The van der Waals surface area contributed by atoms with E-state index in [1.165, 1.54) is 27.6 Å². The molecule has 150 valence electrons. The van der Waals surface area contributed by atoms with E-state index < -0.39 is 5.82 Å². The lowest BCUT2D eigenvalue weighted by molar-refractivity contribution is 0.0737. The van der Waals surface area contributed by atoms with Gasteiger partial charge in [0.2, 0.25) is 0 Å². The van der Waals surface area contributed by atoms with E-state index in [1.54, 1.807) is 24.3 Å². The molecule has 0 atom stereocenters. The average Bonchev–Trinajstić information content (AvgIpc) is 3.09. The highest BCUT2D eigenvalue weighted by atomic mass is 19.1. The number of nitrogens with zero attached hydrogens (tertiary/aromatic N) is 4. The molecular formula is C23H25FN4O. The number of rotatable bonds is 3. The van der Waals surface area contributed by atoms with Gasteiger partial charge in [0.1, 0.15) is 17.2 Å². The molecule has 3 aromatic rings. The van der Waals surface area contributed by atoms with Crippen molar-refractivity contribution in [3.05, 3.63) is 76.9 Å². The van der Waals surface area contributed by atoms with Crippen LogP contribution in [0.3, 0.4) is 0 Å². The summed E-state index contributed by atoms with van der Waals surface area (Å²) in [7, 11) is 0. The number of carbonyl (C=O) groups is 1. The van der Waals surface area contributed by atoms with Gasteiger partial charge in [0.25, 0.3) is 5.91 Å². The average molecular weight is 392 g/mol. The Morgan fingerprint density at radius 3 is 2.34 bits per heavy atom. The second kappa shape index (κ2) is 7.70. The van der Waals surface area contributed by atoms with Crippen LogP contribution >= 0.6 is 0 Å². The van der Waals surface area contributed by atoms with Gasteiger partial charge in [-0.3, -0.25) is 4.79 Å². The van der Waals surface area contributed by atoms with Crippen LogP contribution in [0.4, 0.5) is 10.1 Å². The molecule has 1 saturated heterocycles. The van der Waals surface area contributed by atoms with Crippen LogP contribution in [0.5, 0.6) is 0 Å². The lowest BCUT2D eigenvalue weighted by Crippen LogP contribution is -2.49. The topological polar surface area (TPSA) is 41.4 Å². The van der Waals surface area contributed by atoms with Crippen LogP contribution in [0.15, 0.2) is 48.5 Å². The van der Waals surface area contributed by atoms with Gasteiger partial charge in [0.05, 0.1) is 5.69 Å². The van der Waals surface area contributed by atoms with E-state index in [9.17, 15) is 9.18 Å². The minimum Gasteiger partial charge on any atom is -0.368 e. The molecule has 0 radical (unpaired) electrons. The molecule has 6 heteroatoms. The fourth-order valence-electron chi connectivity index (χ4n) is 3.93. The van der Waals surface area contributed by atoms with Crippen LogP contribution in [-0.4, -0.2) is 46.8 Å². The minimum atomic E-state index is -0.399. The highest BCUT2D eigenvalue weighted by molar-refractivity contribution is 5.93. The Balaban J connectivity index is 1.53. The van der Waals surface area contributed by atoms with E-state index in [1.807, 2.05) is 11.8 Å². The molecule has 1 aliphatic rings. The maximum atomic E-state index is 14.3. The van der Waals surface area contributed by atoms with Gasteiger partial charge in [-0.15, -0.1) is 0 Å². The third-order valence-electron chi connectivity index (χ3n) is 5.39. The maximum absolute atomic E-state index is 14.3. The third kappa shape index (κ3) is 3.75. The summed E-state index contributed by atoms with van der Waals surface area (Å²) in [6.07, 6.45) is 0. The number of aryl methyl sites for hydroxylation is 3. The van der Waals surface area contributed by atoms with Gasteiger partial charge in [0, 0.05) is 31.9 Å². The number of para-hydroxylation sites is 1. The number of anilines is 1. The largest absolute Gasteiger partial charge is 0.368 e. The van der Waals surface area contributed by atoms with Crippen molar-refractivity contribution in [3.8, 4) is 5.69 Å². The van der Waals surface area contributed by atoms with E-state index in [4.69, 9.17) is 0 Å². The molecular weight excluding hydrogens is 367 g/mol. The van der Waals surface area contributed by atoms with Gasteiger partial charge in [0.15, 0.2) is 0 Å². The number of carbonyl (C=O) groups excluding carboxylic acids is 1. The normalized spacial score (nSPS) is 14.3. The molecule has 0 spiro atoms. The van der Waals surface area contributed by atoms with Crippen LogP contribution in [0.25, 0.3) is 5.69 Å². The van der Waals surface area contributed by atoms with Crippen molar-refractivity contribution >= 4 is 11.6 Å². The van der Waals surface area contributed by atoms with Crippen LogP contribution < -0.4 is 4.90 Å². The first kappa shape index (κ1) is 19.2. The Morgan fingerprint density at radius 1 is 0.931 bits per heavy atom. The molecule has 1 amide bonds. The van der Waals surface area contributed by atoms with Gasteiger partial charge < -0.3 is 9.80 Å². The molecule has 0 unspecified atom stereocenters. The quantitative estimate of drug-likeness (QED) is 0.679. The summed E-state index contributed by atoms with van der Waals surface area (Å²) in [4.78, 5) is 17.3. The first-order valence-electron chi connectivity index (χ1n) is 9.87. The Kier molecular flexibility index (Phi) is 5.09. The van der Waals surface area contributed by atoms with Gasteiger partial charge in [-0.1, -0.05) is 29.8 Å². The molecule has 0 aliphatic carbocycles. The van der Waals surface area contributed by atoms with Crippen molar-refractivity contribution in [2.24, 2.45) is 0 Å². The van der Waals surface area contributed by atoms with Gasteiger partial charge >= 0.3 is 0 Å². The van der Waals surface area contributed by atoms with Crippen molar-refractivity contribution in [3.63, 3.8) is 0 Å².